The Hall–Kier alpha value is -5.52. The van der Waals surface area contributed by atoms with Crippen molar-refractivity contribution in [3.8, 4) is 5.75 Å². The first-order valence-electron chi connectivity index (χ1n) is 17.3. The number of nitrogens with one attached hydrogen (secondary N) is 3. The van der Waals surface area contributed by atoms with Crippen molar-refractivity contribution in [2.24, 2.45) is 0 Å². The number of aliphatic hydroxyl groups excluding tert-OH is 3. The zero-order chi connectivity index (χ0) is 36.5. The van der Waals surface area contributed by atoms with E-state index < -0.39 is 42.3 Å². The molecule has 3 fully saturated rings. The summed E-state index contributed by atoms with van der Waals surface area (Å²) < 4.78 is 1.64. The molecule has 2 saturated heterocycles. The quantitative estimate of drug-likeness (QED) is 0.106. The topological polar surface area (TPSA) is 222 Å². The Kier molecular flexibility index (Phi) is 9.81. The Labute approximate surface area is 298 Å². The summed E-state index contributed by atoms with van der Waals surface area (Å²) in [6.45, 7) is 0.840. The number of amides is 5. The Morgan fingerprint density at radius 1 is 1.02 bits per heavy atom. The van der Waals surface area contributed by atoms with Gasteiger partial charge in [-0.2, -0.15) is 9.97 Å². The predicted octanol–water partition coefficient (Wildman–Crippen LogP) is 0.555. The molecular weight excluding hydrogens is 672 g/mol. The number of anilines is 2. The lowest BCUT2D eigenvalue weighted by Gasteiger charge is -2.24. The Bertz CT molecular complexity index is 1940. The molecule has 6 atom stereocenters. The fourth-order valence-electron chi connectivity index (χ4n) is 7.27. The first kappa shape index (κ1) is 34.9. The highest BCUT2D eigenvalue weighted by atomic mass is 16.3. The third kappa shape index (κ3) is 7.02. The van der Waals surface area contributed by atoms with Gasteiger partial charge in [-0.15, -0.1) is 0 Å². The monoisotopic (exact) mass is 714 g/mol. The number of aromatic hydroxyl groups is 1. The van der Waals surface area contributed by atoms with Crippen LogP contribution in [0, 0.1) is 0 Å². The summed E-state index contributed by atoms with van der Waals surface area (Å²) in [5.41, 5.74) is 2.48. The molecule has 2 aromatic heterocycles. The average Bonchev–Trinajstić information content (AvgIpc) is 3.90. The lowest BCUT2D eigenvalue weighted by atomic mass is 10.1. The lowest BCUT2D eigenvalue weighted by Crippen LogP contribution is -2.47. The number of likely N-dealkylation sites (N-methyl/N-ethyl adjacent to an activating group) is 1. The number of rotatable bonds is 11. The summed E-state index contributed by atoms with van der Waals surface area (Å²) in [4.78, 5) is 56.8. The highest BCUT2D eigenvalue weighted by Crippen LogP contribution is 2.38. The van der Waals surface area contributed by atoms with Gasteiger partial charge in [0.25, 0.3) is 5.91 Å². The van der Waals surface area contributed by atoms with Crippen LogP contribution in [0.5, 0.6) is 5.75 Å². The Morgan fingerprint density at radius 3 is 2.52 bits per heavy atom. The molecule has 4 aromatic rings. The van der Waals surface area contributed by atoms with Crippen LogP contribution in [0.15, 0.2) is 60.9 Å². The zero-order valence-corrected chi connectivity index (χ0v) is 28.5. The van der Waals surface area contributed by atoms with E-state index in [1.54, 1.807) is 28.8 Å². The number of hydrogen-bond donors (Lipinski definition) is 7. The molecule has 3 aliphatic rings. The van der Waals surface area contributed by atoms with Gasteiger partial charge in [0.1, 0.15) is 24.5 Å². The maximum absolute atomic E-state index is 12.8. The van der Waals surface area contributed by atoms with Crippen molar-refractivity contribution in [3.63, 3.8) is 0 Å². The van der Waals surface area contributed by atoms with Crippen molar-refractivity contribution >= 4 is 40.9 Å². The molecule has 1 aliphatic carbocycles. The van der Waals surface area contributed by atoms with Crippen LogP contribution in [-0.2, 0) is 17.8 Å². The number of benzene rings is 2. The number of imide groups is 1. The average molecular weight is 715 g/mol. The first-order chi connectivity index (χ1) is 25.1. The van der Waals surface area contributed by atoms with Crippen LogP contribution in [0.3, 0.4) is 0 Å². The largest absolute Gasteiger partial charge is 0.508 e. The molecule has 274 valence electrons. The first-order valence-corrected chi connectivity index (χ1v) is 17.3. The number of phenols is 1. The molecule has 6 unspecified atom stereocenters. The van der Waals surface area contributed by atoms with Crippen LogP contribution in [0.2, 0.25) is 0 Å². The van der Waals surface area contributed by atoms with Crippen molar-refractivity contribution in [2.75, 3.05) is 43.5 Å². The zero-order valence-electron chi connectivity index (χ0n) is 28.5. The number of phenolic OH excluding ortho intramolecular Hbond substituents is 1. The third-order valence-corrected chi connectivity index (χ3v) is 9.95. The summed E-state index contributed by atoms with van der Waals surface area (Å²) in [6, 6.07) is 13.1. The number of nitrogens with zero attached hydrogens (tertiary/aromatic N) is 7. The van der Waals surface area contributed by atoms with Crippen LogP contribution >= 0.6 is 0 Å². The van der Waals surface area contributed by atoms with E-state index in [0.29, 0.717) is 48.9 Å². The summed E-state index contributed by atoms with van der Waals surface area (Å²) in [6.07, 6.45) is -0.0683. The molecule has 0 spiro atoms. The second kappa shape index (κ2) is 14.6. The van der Waals surface area contributed by atoms with Gasteiger partial charge in [-0.05, 0) is 42.5 Å². The smallest absolute Gasteiger partial charge is 0.327 e. The van der Waals surface area contributed by atoms with Crippen molar-refractivity contribution in [2.45, 2.75) is 62.2 Å². The van der Waals surface area contributed by atoms with Crippen LogP contribution in [0.25, 0.3) is 11.2 Å². The van der Waals surface area contributed by atoms with Gasteiger partial charge in [0.05, 0.1) is 31.1 Å². The molecule has 1 saturated carbocycles. The van der Waals surface area contributed by atoms with Gasteiger partial charge < -0.3 is 50.7 Å². The van der Waals surface area contributed by atoms with E-state index in [2.05, 4.69) is 20.9 Å². The second-order valence-electron chi connectivity index (χ2n) is 13.6. The number of carbonyl (C=O) groups is 3. The molecule has 17 heteroatoms. The number of hydrogen-bond acceptors (Lipinski definition) is 12. The standard InChI is InChI=1S/C35H42N10O7/c1-42-17-27(48)45(35(42)52)26-14-25(29(49)30(26)50)44-19-37-28-31(38-23(18-46)12-20-6-3-2-4-7-20)40-33(41-32(28)44)43-11-10-22(16-43)39-34(51)36-15-21-8-5-9-24(47)13-21/h2-9,13,19,22-23,25-26,29-30,46-47,49-50H,10-12,14-18H2,1H3,(H2,36,39,51)(H,38,40,41). The van der Waals surface area contributed by atoms with Gasteiger partial charge in [0, 0.05) is 32.7 Å². The minimum absolute atomic E-state index is 0.0713. The molecule has 17 nitrogen and oxygen atoms in total. The molecule has 52 heavy (non-hydrogen) atoms. The van der Waals surface area contributed by atoms with E-state index in [1.165, 1.54) is 18.3 Å². The Morgan fingerprint density at radius 2 is 1.79 bits per heavy atom. The number of aromatic nitrogens is 4. The van der Waals surface area contributed by atoms with Crippen molar-refractivity contribution in [1.82, 2.24) is 40.0 Å². The maximum Gasteiger partial charge on any atom is 0.327 e. The predicted molar refractivity (Wildman–Crippen MR) is 188 cm³/mol. The van der Waals surface area contributed by atoms with Gasteiger partial charge in [0.2, 0.25) is 5.95 Å². The van der Waals surface area contributed by atoms with E-state index >= 15 is 0 Å². The van der Waals surface area contributed by atoms with Crippen LogP contribution in [0.4, 0.5) is 21.4 Å². The van der Waals surface area contributed by atoms with E-state index in [1.807, 2.05) is 35.2 Å². The summed E-state index contributed by atoms with van der Waals surface area (Å²) in [5.74, 6) is 0.347. The third-order valence-electron chi connectivity index (χ3n) is 9.95. The summed E-state index contributed by atoms with van der Waals surface area (Å²) >= 11 is 0. The second-order valence-corrected chi connectivity index (χ2v) is 13.6. The number of carbonyl (C=O) groups excluding carboxylic acids is 3. The van der Waals surface area contributed by atoms with E-state index in [-0.39, 0.29) is 43.9 Å². The van der Waals surface area contributed by atoms with Crippen LogP contribution < -0.4 is 20.9 Å². The van der Waals surface area contributed by atoms with Crippen molar-refractivity contribution < 1.29 is 34.8 Å². The fourth-order valence-corrected chi connectivity index (χ4v) is 7.27. The molecule has 0 bridgehead atoms. The molecule has 0 radical (unpaired) electrons. The van der Waals surface area contributed by atoms with E-state index in [9.17, 15) is 34.8 Å². The Balaban J connectivity index is 1.15. The lowest BCUT2D eigenvalue weighted by molar-refractivity contribution is -0.128. The number of aliphatic hydroxyl groups is 3. The van der Waals surface area contributed by atoms with Gasteiger partial charge >= 0.3 is 12.1 Å². The number of imidazole rings is 1. The van der Waals surface area contributed by atoms with Gasteiger partial charge in [-0.25, -0.2) is 14.6 Å². The number of urea groups is 2. The molecule has 2 aromatic carbocycles. The molecular formula is C35H42N10O7. The maximum atomic E-state index is 12.8. The fraction of sp³-hybridized carbons (Fsp3) is 0.429. The number of fused-ring (bicyclic) bond motifs is 1. The highest BCUT2D eigenvalue weighted by molar-refractivity contribution is 6.02. The van der Waals surface area contributed by atoms with Gasteiger partial charge in [-0.1, -0.05) is 42.5 Å². The molecule has 4 heterocycles. The summed E-state index contributed by atoms with van der Waals surface area (Å²) in [5, 5.41) is 51.6. The van der Waals surface area contributed by atoms with Gasteiger partial charge in [-0.3, -0.25) is 9.69 Å². The molecule has 7 rings (SSSR count). The van der Waals surface area contributed by atoms with E-state index in [4.69, 9.17) is 9.97 Å². The van der Waals surface area contributed by atoms with Crippen LogP contribution in [-0.4, -0.2) is 131 Å². The highest BCUT2D eigenvalue weighted by Gasteiger charge is 2.51. The molecule has 7 N–H and O–H groups in total. The summed E-state index contributed by atoms with van der Waals surface area (Å²) in [7, 11) is 1.51. The van der Waals surface area contributed by atoms with Crippen molar-refractivity contribution in [1.29, 1.82) is 0 Å². The minimum atomic E-state index is -1.39. The van der Waals surface area contributed by atoms with Gasteiger partial charge in [0.15, 0.2) is 17.0 Å². The van der Waals surface area contributed by atoms with Crippen LogP contribution in [0.1, 0.15) is 30.0 Å². The molecule has 5 amide bonds. The molecule has 2 aliphatic heterocycles. The van der Waals surface area contributed by atoms with Crippen molar-refractivity contribution in [3.05, 3.63) is 72.1 Å². The van der Waals surface area contributed by atoms with E-state index in [0.717, 1.165) is 16.0 Å². The minimum Gasteiger partial charge on any atom is -0.508 e. The normalized spacial score (nSPS) is 23.8. The SMILES string of the molecule is CN1CC(=O)N(C2CC(n3cnc4c(NC(CO)Cc5ccccc5)nc(N5CCC(NC(=O)NCc6cccc(O)c6)C5)nc43)C(O)C2O)C1=O.